The van der Waals surface area contributed by atoms with Crippen LogP contribution in [-0.2, 0) is 17.9 Å². The standard InChI is InChI=1S/C27H29N5O3/c1-19-8-10-20(11-9-19)17-28-25(33)21-5-3-13-30(18-21)23-7-2-6-22-24(23)27(35)32(26(22)34)16-15-31-14-4-12-29-31/h2,4,6-12,14,21H,3,5,13,15-18H2,1H3,(H,28,33)/t21-/m0/s1. The van der Waals surface area contributed by atoms with Gasteiger partial charge in [0.05, 0.1) is 29.3 Å². The van der Waals surface area contributed by atoms with E-state index in [0.717, 1.165) is 30.6 Å². The second-order valence-electron chi connectivity index (χ2n) is 9.22. The van der Waals surface area contributed by atoms with Gasteiger partial charge in [-0.15, -0.1) is 0 Å². The van der Waals surface area contributed by atoms with Crippen LogP contribution < -0.4 is 10.2 Å². The Morgan fingerprint density at radius 1 is 1.06 bits per heavy atom. The van der Waals surface area contributed by atoms with Crippen LogP contribution in [0.2, 0.25) is 0 Å². The number of carbonyl (C=O) groups excluding carboxylic acids is 3. The Bertz CT molecular complexity index is 1240. The summed E-state index contributed by atoms with van der Waals surface area (Å²) in [5, 5.41) is 7.21. The first-order valence-corrected chi connectivity index (χ1v) is 12.1. The van der Waals surface area contributed by atoms with Crippen molar-refractivity contribution in [3.05, 3.63) is 83.2 Å². The summed E-state index contributed by atoms with van der Waals surface area (Å²) in [5.74, 6) is -0.707. The van der Waals surface area contributed by atoms with Gasteiger partial charge >= 0.3 is 0 Å². The van der Waals surface area contributed by atoms with E-state index in [4.69, 9.17) is 0 Å². The summed E-state index contributed by atoms with van der Waals surface area (Å²) >= 11 is 0. The molecule has 2 aliphatic heterocycles. The third kappa shape index (κ3) is 4.69. The van der Waals surface area contributed by atoms with Gasteiger partial charge in [0.2, 0.25) is 5.91 Å². The van der Waals surface area contributed by atoms with Crippen molar-refractivity contribution in [3.8, 4) is 0 Å². The second kappa shape index (κ2) is 9.74. The molecule has 3 heterocycles. The fraction of sp³-hybridized carbons (Fsp3) is 0.333. The van der Waals surface area contributed by atoms with E-state index in [1.807, 2.05) is 49.4 Å². The number of anilines is 1. The fourth-order valence-corrected chi connectivity index (χ4v) is 4.87. The molecule has 180 valence electrons. The molecule has 1 saturated heterocycles. The molecule has 0 unspecified atom stereocenters. The van der Waals surface area contributed by atoms with Crippen molar-refractivity contribution >= 4 is 23.4 Å². The van der Waals surface area contributed by atoms with Gasteiger partial charge in [0.25, 0.3) is 11.8 Å². The van der Waals surface area contributed by atoms with Crippen LogP contribution in [0.25, 0.3) is 0 Å². The van der Waals surface area contributed by atoms with Gasteiger partial charge in [0.15, 0.2) is 0 Å². The van der Waals surface area contributed by atoms with Gasteiger partial charge in [-0.2, -0.15) is 5.10 Å². The Morgan fingerprint density at radius 3 is 2.66 bits per heavy atom. The van der Waals surface area contributed by atoms with E-state index >= 15 is 0 Å². The summed E-state index contributed by atoms with van der Waals surface area (Å²) < 4.78 is 1.70. The molecule has 5 rings (SSSR count). The van der Waals surface area contributed by atoms with E-state index in [1.54, 1.807) is 23.1 Å². The van der Waals surface area contributed by atoms with E-state index in [9.17, 15) is 14.4 Å². The fourth-order valence-electron chi connectivity index (χ4n) is 4.87. The van der Waals surface area contributed by atoms with Gasteiger partial charge in [-0.05, 0) is 43.5 Å². The Balaban J connectivity index is 1.28. The van der Waals surface area contributed by atoms with Crippen LogP contribution in [-0.4, -0.2) is 52.0 Å². The normalized spacial score (nSPS) is 17.6. The van der Waals surface area contributed by atoms with Gasteiger partial charge < -0.3 is 10.2 Å². The van der Waals surface area contributed by atoms with Crippen molar-refractivity contribution in [1.82, 2.24) is 20.0 Å². The molecule has 3 amide bonds. The summed E-state index contributed by atoms with van der Waals surface area (Å²) in [4.78, 5) is 42.6. The summed E-state index contributed by atoms with van der Waals surface area (Å²) in [6.07, 6.45) is 5.12. The summed E-state index contributed by atoms with van der Waals surface area (Å²) in [7, 11) is 0. The minimum absolute atomic E-state index is 0.0195. The van der Waals surface area contributed by atoms with Crippen LogP contribution >= 0.6 is 0 Å². The molecule has 1 N–H and O–H groups in total. The maximum Gasteiger partial charge on any atom is 0.263 e. The Hall–Kier alpha value is -3.94. The molecule has 1 atom stereocenters. The predicted octanol–water partition coefficient (Wildman–Crippen LogP) is 3.02. The smallest absolute Gasteiger partial charge is 0.263 e. The highest BCUT2D eigenvalue weighted by molar-refractivity contribution is 6.23. The lowest BCUT2D eigenvalue weighted by molar-refractivity contribution is -0.125. The van der Waals surface area contributed by atoms with Gasteiger partial charge in [-0.25, -0.2) is 0 Å². The number of nitrogens with one attached hydrogen (secondary N) is 1. The van der Waals surface area contributed by atoms with Crippen LogP contribution in [0.4, 0.5) is 5.69 Å². The number of imide groups is 1. The predicted molar refractivity (Wildman–Crippen MR) is 132 cm³/mol. The molecular weight excluding hydrogens is 442 g/mol. The number of nitrogens with zero attached hydrogens (tertiary/aromatic N) is 4. The quantitative estimate of drug-likeness (QED) is 0.536. The zero-order valence-corrected chi connectivity index (χ0v) is 19.8. The number of benzene rings is 2. The van der Waals surface area contributed by atoms with E-state index in [1.165, 1.54) is 10.5 Å². The number of aryl methyl sites for hydroxylation is 1. The van der Waals surface area contributed by atoms with Crippen LogP contribution in [0.5, 0.6) is 0 Å². The van der Waals surface area contributed by atoms with E-state index in [0.29, 0.717) is 30.8 Å². The van der Waals surface area contributed by atoms with Crippen molar-refractivity contribution in [3.63, 3.8) is 0 Å². The Morgan fingerprint density at radius 2 is 1.89 bits per heavy atom. The Labute approximate surface area is 204 Å². The number of hydrogen-bond acceptors (Lipinski definition) is 5. The Kier molecular flexibility index (Phi) is 6.35. The average molecular weight is 472 g/mol. The third-order valence-electron chi connectivity index (χ3n) is 6.81. The van der Waals surface area contributed by atoms with Crippen molar-refractivity contribution in [2.75, 3.05) is 24.5 Å². The lowest BCUT2D eigenvalue weighted by atomic mass is 9.95. The number of carbonyl (C=O) groups is 3. The lowest BCUT2D eigenvalue weighted by Crippen LogP contribution is -2.43. The highest BCUT2D eigenvalue weighted by Crippen LogP contribution is 2.34. The minimum atomic E-state index is -0.279. The summed E-state index contributed by atoms with van der Waals surface area (Å²) in [6, 6.07) is 15.3. The first-order valence-electron chi connectivity index (χ1n) is 12.1. The molecular formula is C27H29N5O3. The van der Waals surface area contributed by atoms with Gasteiger partial charge in [0.1, 0.15) is 0 Å². The van der Waals surface area contributed by atoms with Gasteiger partial charge in [-0.1, -0.05) is 35.9 Å². The molecule has 3 aromatic rings. The molecule has 2 aliphatic rings. The van der Waals surface area contributed by atoms with Crippen molar-refractivity contribution in [1.29, 1.82) is 0 Å². The molecule has 0 aliphatic carbocycles. The summed E-state index contributed by atoms with van der Waals surface area (Å²) in [5.41, 5.74) is 3.86. The van der Waals surface area contributed by atoms with E-state index in [-0.39, 0.29) is 30.2 Å². The number of aromatic nitrogens is 2. The zero-order valence-electron chi connectivity index (χ0n) is 19.8. The molecule has 8 nitrogen and oxygen atoms in total. The van der Waals surface area contributed by atoms with Crippen LogP contribution in [0.1, 0.15) is 44.7 Å². The van der Waals surface area contributed by atoms with E-state index < -0.39 is 0 Å². The molecule has 0 bridgehead atoms. The maximum atomic E-state index is 13.3. The first kappa shape index (κ1) is 22.8. The van der Waals surface area contributed by atoms with Gasteiger partial charge in [0, 0.05) is 38.6 Å². The van der Waals surface area contributed by atoms with Crippen molar-refractivity contribution < 1.29 is 14.4 Å². The monoisotopic (exact) mass is 471 g/mol. The highest BCUT2D eigenvalue weighted by atomic mass is 16.2. The molecule has 0 radical (unpaired) electrons. The third-order valence-corrected chi connectivity index (χ3v) is 6.81. The number of amides is 3. The largest absolute Gasteiger partial charge is 0.370 e. The van der Waals surface area contributed by atoms with Crippen LogP contribution in [0.3, 0.4) is 0 Å². The number of fused-ring (bicyclic) bond motifs is 1. The molecule has 8 heteroatoms. The van der Waals surface area contributed by atoms with Gasteiger partial charge in [-0.3, -0.25) is 24.0 Å². The SMILES string of the molecule is Cc1ccc(CNC(=O)[C@H]2CCCN(c3cccc4c3C(=O)N(CCn3cccn3)C4=O)C2)cc1. The molecule has 2 aromatic carbocycles. The maximum absolute atomic E-state index is 13.3. The van der Waals surface area contributed by atoms with Crippen molar-refractivity contribution in [2.45, 2.75) is 32.9 Å². The summed E-state index contributed by atoms with van der Waals surface area (Å²) in [6.45, 7) is 4.50. The minimum Gasteiger partial charge on any atom is -0.370 e. The molecule has 0 saturated carbocycles. The lowest BCUT2D eigenvalue weighted by Gasteiger charge is -2.34. The number of piperidine rings is 1. The first-order chi connectivity index (χ1) is 17.0. The average Bonchev–Trinajstić information content (AvgIpc) is 3.49. The van der Waals surface area contributed by atoms with Crippen LogP contribution in [0.15, 0.2) is 60.9 Å². The van der Waals surface area contributed by atoms with E-state index in [2.05, 4.69) is 15.3 Å². The number of hydrogen-bond donors (Lipinski definition) is 1. The zero-order chi connectivity index (χ0) is 24.4. The molecule has 1 aromatic heterocycles. The van der Waals surface area contributed by atoms with Crippen LogP contribution in [0, 0.1) is 12.8 Å². The highest BCUT2D eigenvalue weighted by Gasteiger charge is 2.39. The molecule has 35 heavy (non-hydrogen) atoms. The topological polar surface area (TPSA) is 87.5 Å². The molecule has 1 fully saturated rings. The second-order valence-corrected chi connectivity index (χ2v) is 9.22. The van der Waals surface area contributed by atoms with Crippen molar-refractivity contribution in [2.24, 2.45) is 5.92 Å². The molecule has 0 spiro atoms. The number of rotatable bonds is 7.